The number of nitrogens with one attached hydrogen (secondary N) is 1. The van der Waals surface area contributed by atoms with Crippen LogP contribution in [0, 0.1) is 6.92 Å². The third-order valence-corrected chi connectivity index (χ3v) is 4.07. The second-order valence-electron chi connectivity index (χ2n) is 5.90. The molecule has 1 aliphatic rings. The molecule has 1 aliphatic heterocycles. The van der Waals surface area contributed by atoms with Crippen molar-refractivity contribution in [1.29, 1.82) is 0 Å². The number of carboxylic acid groups (broad SMARTS) is 1. The quantitative estimate of drug-likeness (QED) is 0.723. The summed E-state index contributed by atoms with van der Waals surface area (Å²) in [6.07, 6.45) is 4.80. The van der Waals surface area contributed by atoms with Crippen molar-refractivity contribution in [2.24, 2.45) is 0 Å². The summed E-state index contributed by atoms with van der Waals surface area (Å²) in [5, 5.41) is 12.5. The number of hydrogen-bond acceptors (Lipinski definition) is 3. The maximum absolute atomic E-state index is 11.4. The molecule has 1 unspecified atom stereocenters. The molecule has 0 aromatic heterocycles. The molecule has 1 fully saturated rings. The van der Waals surface area contributed by atoms with Crippen LogP contribution in [0.25, 0.3) is 0 Å². The van der Waals surface area contributed by atoms with Crippen LogP contribution in [0.2, 0.25) is 0 Å². The van der Waals surface area contributed by atoms with E-state index in [0.29, 0.717) is 0 Å². The number of aryl methyl sites for hydroxylation is 1. The second kappa shape index (κ2) is 8.15. The summed E-state index contributed by atoms with van der Waals surface area (Å²) in [6, 6.07) is 7.12. The predicted octanol–water partition coefficient (Wildman–Crippen LogP) is 2.59. The number of likely N-dealkylation sites (tertiary alicyclic amines) is 1. The van der Waals surface area contributed by atoms with Crippen LogP contribution in [0.1, 0.15) is 42.9 Å². The molecule has 0 bridgehead atoms. The Labute approximate surface area is 127 Å². The molecular weight excluding hydrogens is 264 g/mol. The summed E-state index contributed by atoms with van der Waals surface area (Å²) in [5.41, 5.74) is 1.93. The summed E-state index contributed by atoms with van der Waals surface area (Å²) in [6.45, 7) is 6.34. The SMILES string of the molecule is Cc1cccc(C(NCCCCN2CCCC2)C(=O)O)c1. The van der Waals surface area contributed by atoms with Gasteiger partial charge in [0.2, 0.25) is 0 Å². The summed E-state index contributed by atoms with van der Waals surface area (Å²) < 4.78 is 0. The first-order valence-electron chi connectivity index (χ1n) is 7.92. The number of carboxylic acids is 1. The normalized spacial score (nSPS) is 17.0. The fourth-order valence-corrected chi connectivity index (χ4v) is 2.91. The molecule has 1 heterocycles. The van der Waals surface area contributed by atoms with Crippen molar-refractivity contribution in [3.8, 4) is 0 Å². The largest absolute Gasteiger partial charge is 0.480 e. The van der Waals surface area contributed by atoms with Gasteiger partial charge in [0.1, 0.15) is 6.04 Å². The van der Waals surface area contributed by atoms with Gasteiger partial charge in [-0.1, -0.05) is 29.8 Å². The van der Waals surface area contributed by atoms with Crippen molar-refractivity contribution >= 4 is 5.97 Å². The van der Waals surface area contributed by atoms with E-state index in [1.54, 1.807) is 0 Å². The number of nitrogens with zero attached hydrogens (tertiary/aromatic N) is 1. The number of benzene rings is 1. The van der Waals surface area contributed by atoms with Crippen LogP contribution < -0.4 is 5.32 Å². The summed E-state index contributed by atoms with van der Waals surface area (Å²) in [7, 11) is 0. The van der Waals surface area contributed by atoms with Crippen molar-refractivity contribution in [1.82, 2.24) is 10.2 Å². The Balaban J connectivity index is 1.74. The standard InChI is InChI=1S/C17H26N2O2/c1-14-7-6-8-15(13-14)16(17(20)21)18-9-2-3-10-19-11-4-5-12-19/h6-8,13,16,18H,2-5,9-12H2,1H3,(H,20,21). The maximum Gasteiger partial charge on any atom is 0.325 e. The van der Waals surface area contributed by atoms with Gasteiger partial charge < -0.3 is 15.3 Å². The highest BCUT2D eigenvalue weighted by Crippen LogP contribution is 2.15. The second-order valence-corrected chi connectivity index (χ2v) is 5.90. The highest BCUT2D eigenvalue weighted by atomic mass is 16.4. The van der Waals surface area contributed by atoms with E-state index in [-0.39, 0.29) is 0 Å². The number of unbranched alkanes of at least 4 members (excludes halogenated alkanes) is 1. The molecular formula is C17H26N2O2. The van der Waals surface area contributed by atoms with Gasteiger partial charge in [0, 0.05) is 0 Å². The minimum absolute atomic E-state index is 0.600. The van der Waals surface area contributed by atoms with E-state index in [1.165, 1.54) is 25.9 Å². The van der Waals surface area contributed by atoms with E-state index in [4.69, 9.17) is 0 Å². The highest BCUT2D eigenvalue weighted by Gasteiger charge is 2.18. The zero-order valence-corrected chi connectivity index (χ0v) is 12.8. The Morgan fingerprint density at radius 1 is 1.33 bits per heavy atom. The summed E-state index contributed by atoms with van der Waals surface area (Å²) in [5.74, 6) is -0.805. The molecule has 1 aromatic rings. The monoisotopic (exact) mass is 290 g/mol. The molecule has 4 nitrogen and oxygen atoms in total. The van der Waals surface area contributed by atoms with E-state index < -0.39 is 12.0 Å². The van der Waals surface area contributed by atoms with Gasteiger partial charge in [-0.2, -0.15) is 0 Å². The third-order valence-electron chi connectivity index (χ3n) is 4.07. The van der Waals surface area contributed by atoms with E-state index in [1.807, 2.05) is 31.2 Å². The van der Waals surface area contributed by atoms with Crippen LogP contribution in [0.5, 0.6) is 0 Å². The lowest BCUT2D eigenvalue weighted by Crippen LogP contribution is -2.30. The Morgan fingerprint density at radius 2 is 2.10 bits per heavy atom. The number of hydrogen-bond donors (Lipinski definition) is 2. The molecule has 0 amide bonds. The van der Waals surface area contributed by atoms with Crippen LogP contribution >= 0.6 is 0 Å². The van der Waals surface area contributed by atoms with Crippen LogP contribution in [0.4, 0.5) is 0 Å². The number of rotatable bonds is 8. The summed E-state index contributed by atoms with van der Waals surface area (Å²) in [4.78, 5) is 13.9. The number of carbonyl (C=O) groups is 1. The Kier molecular flexibility index (Phi) is 6.21. The van der Waals surface area contributed by atoms with Crippen molar-refractivity contribution in [3.05, 3.63) is 35.4 Å². The molecule has 2 rings (SSSR count). The van der Waals surface area contributed by atoms with Crippen molar-refractivity contribution < 1.29 is 9.90 Å². The molecule has 1 aromatic carbocycles. The van der Waals surface area contributed by atoms with Crippen molar-refractivity contribution in [2.45, 2.75) is 38.6 Å². The molecule has 0 saturated carbocycles. The van der Waals surface area contributed by atoms with E-state index in [9.17, 15) is 9.90 Å². The van der Waals surface area contributed by atoms with Crippen molar-refractivity contribution in [2.75, 3.05) is 26.2 Å². The average molecular weight is 290 g/mol. The average Bonchev–Trinajstić information content (AvgIpc) is 2.95. The van der Waals surface area contributed by atoms with Gasteiger partial charge >= 0.3 is 5.97 Å². The Hall–Kier alpha value is -1.39. The van der Waals surface area contributed by atoms with E-state index in [2.05, 4.69) is 10.2 Å². The molecule has 0 radical (unpaired) electrons. The van der Waals surface area contributed by atoms with Gasteiger partial charge in [-0.15, -0.1) is 0 Å². The van der Waals surface area contributed by atoms with Gasteiger partial charge in [-0.25, -0.2) is 0 Å². The van der Waals surface area contributed by atoms with Gasteiger partial charge in [0.05, 0.1) is 0 Å². The minimum Gasteiger partial charge on any atom is -0.480 e. The van der Waals surface area contributed by atoms with Crippen LogP contribution in [0.3, 0.4) is 0 Å². The molecule has 21 heavy (non-hydrogen) atoms. The van der Waals surface area contributed by atoms with Gasteiger partial charge in [0.25, 0.3) is 0 Å². The molecule has 2 N–H and O–H groups in total. The topological polar surface area (TPSA) is 52.6 Å². The number of aliphatic carboxylic acids is 1. The lowest BCUT2D eigenvalue weighted by molar-refractivity contribution is -0.139. The highest BCUT2D eigenvalue weighted by molar-refractivity contribution is 5.75. The van der Waals surface area contributed by atoms with Gasteiger partial charge in [-0.05, 0) is 64.3 Å². The third kappa shape index (κ3) is 5.14. The fraction of sp³-hybridized carbons (Fsp3) is 0.588. The lowest BCUT2D eigenvalue weighted by atomic mass is 10.0. The fourth-order valence-electron chi connectivity index (χ4n) is 2.91. The van der Waals surface area contributed by atoms with Crippen LogP contribution in [0.15, 0.2) is 24.3 Å². The zero-order chi connectivity index (χ0) is 15.1. The van der Waals surface area contributed by atoms with Crippen molar-refractivity contribution in [3.63, 3.8) is 0 Å². The lowest BCUT2D eigenvalue weighted by Gasteiger charge is -2.17. The molecule has 1 atom stereocenters. The smallest absolute Gasteiger partial charge is 0.325 e. The molecule has 0 aliphatic carbocycles. The molecule has 1 saturated heterocycles. The van der Waals surface area contributed by atoms with Crippen LogP contribution in [-0.2, 0) is 4.79 Å². The molecule has 4 heteroatoms. The van der Waals surface area contributed by atoms with Gasteiger partial charge in [0.15, 0.2) is 0 Å². The first-order valence-corrected chi connectivity index (χ1v) is 7.92. The molecule has 116 valence electrons. The first-order chi connectivity index (χ1) is 10.2. The Bertz CT molecular complexity index is 456. The van der Waals surface area contributed by atoms with E-state index >= 15 is 0 Å². The summed E-state index contributed by atoms with van der Waals surface area (Å²) >= 11 is 0. The first kappa shape index (κ1) is 16.0. The predicted molar refractivity (Wildman–Crippen MR) is 84.5 cm³/mol. The van der Waals surface area contributed by atoms with Crippen LogP contribution in [-0.4, -0.2) is 42.2 Å². The maximum atomic E-state index is 11.4. The Morgan fingerprint density at radius 3 is 2.76 bits per heavy atom. The van der Waals surface area contributed by atoms with Gasteiger partial charge in [-0.3, -0.25) is 4.79 Å². The minimum atomic E-state index is -0.805. The zero-order valence-electron chi connectivity index (χ0n) is 12.8. The van der Waals surface area contributed by atoms with E-state index in [0.717, 1.165) is 37.1 Å². The molecule has 0 spiro atoms.